The molecule has 0 saturated carbocycles. The van der Waals surface area contributed by atoms with Crippen molar-refractivity contribution >= 4 is 21.6 Å². The molecule has 0 heterocycles. The average molecular weight is 218 g/mol. The van der Waals surface area contributed by atoms with Gasteiger partial charge in [0.05, 0.1) is 4.90 Å². The summed E-state index contributed by atoms with van der Waals surface area (Å²) in [6.07, 6.45) is 1.12. The first-order chi connectivity index (χ1) is 6.06. The fraction of sp³-hybridized carbons (Fsp3) is 0. The molecule has 0 aliphatic carbocycles. The first-order valence-corrected chi connectivity index (χ1v) is 5.31. The Morgan fingerprint density at radius 2 is 1.85 bits per heavy atom. The van der Waals surface area contributed by atoms with Crippen LogP contribution < -0.4 is 4.72 Å². The van der Waals surface area contributed by atoms with Crippen LogP contribution in [0.1, 0.15) is 0 Å². The number of nitrogens with one attached hydrogen (secondary N) is 1. The normalized spacial score (nSPS) is 10.8. The predicted molar refractivity (Wildman–Crippen MR) is 52.0 cm³/mol. The molecule has 0 aromatic heterocycles. The Bertz CT molecular complexity index is 397. The Kier molecular flexibility index (Phi) is 2.95. The molecule has 1 N–H and O–H groups in total. The second kappa shape index (κ2) is 3.81. The third-order valence-electron chi connectivity index (χ3n) is 1.36. The second-order valence-corrected chi connectivity index (χ2v) is 4.43. The van der Waals surface area contributed by atoms with Gasteiger partial charge in [0, 0.05) is 11.2 Å². The van der Waals surface area contributed by atoms with Gasteiger partial charge in [0.1, 0.15) is 0 Å². The van der Waals surface area contributed by atoms with Crippen LogP contribution in [0.4, 0.5) is 0 Å². The summed E-state index contributed by atoms with van der Waals surface area (Å²) in [4.78, 5) is 0.164. The lowest BCUT2D eigenvalue weighted by Crippen LogP contribution is -2.17. The van der Waals surface area contributed by atoms with E-state index >= 15 is 0 Å². The van der Waals surface area contributed by atoms with Gasteiger partial charge in [-0.3, -0.25) is 4.72 Å². The number of hydrogen-bond acceptors (Lipinski definition) is 2. The highest BCUT2D eigenvalue weighted by atomic mass is 35.5. The molecule has 5 heteroatoms. The molecule has 0 amide bonds. The minimum Gasteiger partial charge on any atom is -0.287 e. The van der Waals surface area contributed by atoms with Gasteiger partial charge in [-0.2, -0.15) is 0 Å². The molecule has 13 heavy (non-hydrogen) atoms. The van der Waals surface area contributed by atoms with Crippen LogP contribution in [0.15, 0.2) is 41.9 Å². The Hall–Kier alpha value is -1.00. The summed E-state index contributed by atoms with van der Waals surface area (Å²) < 4.78 is 24.8. The van der Waals surface area contributed by atoms with E-state index in [1.807, 2.05) is 0 Å². The van der Waals surface area contributed by atoms with Gasteiger partial charge in [-0.25, -0.2) is 8.42 Å². The van der Waals surface area contributed by atoms with E-state index in [9.17, 15) is 8.42 Å². The van der Waals surface area contributed by atoms with Gasteiger partial charge < -0.3 is 0 Å². The molecule has 0 aliphatic rings. The minimum atomic E-state index is -3.45. The van der Waals surface area contributed by atoms with Crippen molar-refractivity contribution in [2.24, 2.45) is 0 Å². The first kappa shape index (κ1) is 10.1. The highest BCUT2D eigenvalue weighted by molar-refractivity contribution is 7.89. The smallest absolute Gasteiger partial charge is 0.261 e. The molecule has 1 aromatic carbocycles. The topological polar surface area (TPSA) is 46.2 Å². The molecule has 0 bridgehead atoms. The zero-order valence-electron chi connectivity index (χ0n) is 6.70. The van der Waals surface area contributed by atoms with Crippen LogP contribution in [0.5, 0.6) is 0 Å². The molecular weight excluding hydrogens is 210 g/mol. The summed E-state index contributed by atoms with van der Waals surface area (Å²) in [5.74, 6) is 0. The van der Waals surface area contributed by atoms with Gasteiger partial charge in [0.25, 0.3) is 10.0 Å². The molecule has 0 unspecified atom stereocenters. The highest BCUT2D eigenvalue weighted by Crippen LogP contribution is 2.13. The largest absolute Gasteiger partial charge is 0.287 e. The molecule has 1 aromatic rings. The van der Waals surface area contributed by atoms with Gasteiger partial charge in [-0.05, 0) is 24.3 Å². The Labute approximate surface area is 82.1 Å². The third kappa shape index (κ3) is 2.47. The van der Waals surface area contributed by atoms with Crippen molar-refractivity contribution in [3.63, 3.8) is 0 Å². The zero-order chi connectivity index (χ0) is 9.90. The van der Waals surface area contributed by atoms with Crippen LogP contribution in [0.25, 0.3) is 0 Å². The zero-order valence-corrected chi connectivity index (χ0v) is 8.27. The monoisotopic (exact) mass is 217 g/mol. The summed E-state index contributed by atoms with van der Waals surface area (Å²) in [5.41, 5.74) is 0. The minimum absolute atomic E-state index is 0.164. The summed E-state index contributed by atoms with van der Waals surface area (Å²) in [5, 5.41) is 0.498. The van der Waals surface area contributed by atoms with Gasteiger partial charge >= 0.3 is 0 Å². The van der Waals surface area contributed by atoms with Crippen LogP contribution in [0.3, 0.4) is 0 Å². The lowest BCUT2D eigenvalue weighted by molar-refractivity contribution is 0.590. The molecule has 70 valence electrons. The first-order valence-electron chi connectivity index (χ1n) is 3.45. The van der Waals surface area contributed by atoms with Crippen LogP contribution in [-0.2, 0) is 10.0 Å². The Morgan fingerprint density at radius 3 is 2.31 bits per heavy atom. The van der Waals surface area contributed by atoms with Crippen molar-refractivity contribution in [2.45, 2.75) is 4.90 Å². The van der Waals surface area contributed by atoms with Crippen molar-refractivity contribution in [3.8, 4) is 0 Å². The molecule has 0 atom stereocenters. The van der Waals surface area contributed by atoms with Crippen molar-refractivity contribution in [1.29, 1.82) is 0 Å². The van der Waals surface area contributed by atoms with E-state index in [2.05, 4.69) is 11.3 Å². The van der Waals surface area contributed by atoms with Gasteiger partial charge in [0.15, 0.2) is 0 Å². The standard InChI is InChI=1S/C8H8ClNO2S/c1-2-10-13(11,12)8-5-3-7(9)4-6-8/h2-6,10H,1H2. The fourth-order valence-corrected chi connectivity index (χ4v) is 1.77. The Morgan fingerprint density at radius 1 is 1.31 bits per heavy atom. The number of sulfonamides is 1. The van der Waals surface area contributed by atoms with Crippen LogP contribution in [-0.4, -0.2) is 8.42 Å². The summed E-state index contributed by atoms with van der Waals surface area (Å²) in [6.45, 7) is 3.27. The number of hydrogen-bond donors (Lipinski definition) is 1. The lowest BCUT2D eigenvalue weighted by Gasteiger charge is -2.02. The quantitative estimate of drug-likeness (QED) is 0.839. The van der Waals surface area contributed by atoms with Crippen LogP contribution in [0, 0.1) is 0 Å². The number of rotatable bonds is 3. The van der Waals surface area contributed by atoms with Crippen molar-refractivity contribution in [3.05, 3.63) is 42.1 Å². The van der Waals surface area contributed by atoms with E-state index in [0.717, 1.165) is 6.20 Å². The average Bonchev–Trinajstić information content (AvgIpc) is 2.05. The molecule has 0 fully saturated rings. The number of halogens is 1. The van der Waals surface area contributed by atoms with Gasteiger partial charge in [0.2, 0.25) is 0 Å². The fourth-order valence-electron chi connectivity index (χ4n) is 0.791. The van der Waals surface area contributed by atoms with Crippen LogP contribution >= 0.6 is 11.6 Å². The maximum absolute atomic E-state index is 11.3. The molecule has 1 rings (SSSR count). The SMILES string of the molecule is C=CNS(=O)(=O)c1ccc(Cl)cc1. The lowest BCUT2D eigenvalue weighted by atomic mass is 10.4. The van der Waals surface area contributed by atoms with Crippen LogP contribution in [0.2, 0.25) is 5.02 Å². The van der Waals surface area contributed by atoms with Crippen molar-refractivity contribution in [1.82, 2.24) is 4.72 Å². The predicted octanol–water partition coefficient (Wildman–Crippen LogP) is 1.76. The molecule has 0 saturated heterocycles. The summed E-state index contributed by atoms with van der Waals surface area (Å²) >= 11 is 5.60. The Balaban J connectivity index is 3.08. The maximum atomic E-state index is 11.3. The van der Waals surface area contributed by atoms with E-state index in [0.29, 0.717) is 5.02 Å². The summed E-state index contributed by atoms with van der Waals surface area (Å²) in [7, 11) is -3.45. The second-order valence-electron chi connectivity index (χ2n) is 2.28. The molecular formula is C8H8ClNO2S. The van der Waals surface area contributed by atoms with E-state index in [4.69, 9.17) is 11.6 Å². The van der Waals surface area contributed by atoms with Gasteiger partial charge in [-0.15, -0.1) is 0 Å². The molecule has 0 aliphatic heterocycles. The highest BCUT2D eigenvalue weighted by Gasteiger charge is 2.10. The molecule has 0 spiro atoms. The van der Waals surface area contributed by atoms with Crippen molar-refractivity contribution < 1.29 is 8.42 Å². The maximum Gasteiger partial charge on any atom is 0.261 e. The third-order valence-corrected chi connectivity index (χ3v) is 2.98. The van der Waals surface area contributed by atoms with E-state index < -0.39 is 10.0 Å². The van der Waals surface area contributed by atoms with E-state index in [1.54, 1.807) is 0 Å². The molecule has 0 radical (unpaired) electrons. The number of benzene rings is 1. The molecule has 3 nitrogen and oxygen atoms in total. The summed E-state index contributed by atoms with van der Waals surface area (Å²) in [6, 6.07) is 5.88. The van der Waals surface area contributed by atoms with Gasteiger partial charge in [-0.1, -0.05) is 18.2 Å². The van der Waals surface area contributed by atoms with E-state index in [-0.39, 0.29) is 4.90 Å². The van der Waals surface area contributed by atoms with E-state index in [1.165, 1.54) is 24.3 Å². The van der Waals surface area contributed by atoms with Crippen molar-refractivity contribution in [2.75, 3.05) is 0 Å².